The van der Waals surface area contributed by atoms with Crippen LogP contribution in [0.5, 0.6) is 0 Å². The first-order chi connectivity index (χ1) is 33.9. The van der Waals surface area contributed by atoms with Gasteiger partial charge in [-0.05, 0) is 5.56 Å². The third-order valence-corrected chi connectivity index (χ3v) is 8.42. The predicted octanol–water partition coefficient (Wildman–Crippen LogP) is 1.51. The van der Waals surface area contributed by atoms with Gasteiger partial charge in [-0.3, -0.25) is 0 Å². The molecule has 0 saturated carbocycles. The van der Waals surface area contributed by atoms with Crippen LogP contribution in [-0.4, -0.2) is 269 Å². The fourth-order valence-electron chi connectivity index (χ4n) is 5.01. The summed E-state index contributed by atoms with van der Waals surface area (Å²) < 4.78 is 109. The Labute approximate surface area is 405 Å². The molecule has 0 amide bonds. The van der Waals surface area contributed by atoms with Crippen LogP contribution in [0.1, 0.15) is 5.56 Å². The third-order valence-electron chi connectivity index (χ3n) is 8.42. The highest BCUT2D eigenvalue weighted by Gasteiger charge is 1.99. The molecule has 1 aromatic carbocycles. The zero-order chi connectivity index (χ0) is 48.2. The average molecular weight is 989 g/mol. The molecule has 0 aliphatic rings. The Morgan fingerprint density at radius 3 is 0.500 bits per heavy atom. The number of ether oxygens (including phenoxy) is 20. The smallest absolute Gasteiger partial charge is 0.0718 e. The molecule has 402 valence electrons. The second-order valence-corrected chi connectivity index (χ2v) is 13.9. The quantitative estimate of drug-likeness (QED) is 0.0919. The molecule has 0 spiro atoms. The molecular formula is C47H88O21. The first-order valence-corrected chi connectivity index (χ1v) is 24.1. The molecule has 0 aromatic heterocycles. The summed E-state index contributed by atoms with van der Waals surface area (Å²) in [7, 11) is 0. The monoisotopic (exact) mass is 989 g/mol. The van der Waals surface area contributed by atoms with Gasteiger partial charge in [0, 0.05) is 0 Å². The van der Waals surface area contributed by atoms with E-state index in [0.717, 1.165) is 5.56 Å². The molecule has 21 heteroatoms. The topological polar surface area (TPSA) is 205 Å². The van der Waals surface area contributed by atoms with Gasteiger partial charge in [-0.25, -0.2) is 0 Å². The summed E-state index contributed by atoms with van der Waals surface area (Å²) >= 11 is 0. The lowest BCUT2D eigenvalue weighted by Crippen LogP contribution is -2.16. The number of hydrogen-bond acceptors (Lipinski definition) is 21. The number of aliphatic hydroxyl groups is 1. The van der Waals surface area contributed by atoms with Gasteiger partial charge in [0.25, 0.3) is 0 Å². The van der Waals surface area contributed by atoms with Crippen LogP contribution in [0.15, 0.2) is 30.3 Å². The lowest BCUT2D eigenvalue weighted by Gasteiger charge is -2.09. The Kier molecular flexibility index (Phi) is 56.5. The molecule has 0 bridgehead atoms. The van der Waals surface area contributed by atoms with Crippen LogP contribution in [0.2, 0.25) is 0 Å². The maximum Gasteiger partial charge on any atom is 0.0718 e. The van der Waals surface area contributed by atoms with Crippen molar-refractivity contribution in [1.29, 1.82) is 0 Å². The van der Waals surface area contributed by atoms with Crippen molar-refractivity contribution < 1.29 is 99.8 Å². The van der Waals surface area contributed by atoms with E-state index in [1.165, 1.54) is 0 Å². The largest absolute Gasteiger partial charge is 0.394 e. The molecule has 0 saturated heterocycles. The molecule has 0 aliphatic carbocycles. The van der Waals surface area contributed by atoms with Crippen LogP contribution in [0.3, 0.4) is 0 Å². The predicted molar refractivity (Wildman–Crippen MR) is 249 cm³/mol. The summed E-state index contributed by atoms with van der Waals surface area (Å²) in [4.78, 5) is 0. The average Bonchev–Trinajstić information content (AvgIpc) is 3.36. The molecular weight excluding hydrogens is 900 g/mol. The van der Waals surface area contributed by atoms with Gasteiger partial charge in [-0.15, -0.1) is 0 Å². The van der Waals surface area contributed by atoms with Crippen LogP contribution in [0, 0.1) is 0 Å². The Morgan fingerprint density at radius 2 is 0.338 bits per heavy atom. The summed E-state index contributed by atoms with van der Waals surface area (Å²) in [5.41, 5.74) is 1.15. The maximum atomic E-state index is 8.60. The Morgan fingerprint density at radius 1 is 0.191 bits per heavy atom. The zero-order valence-corrected chi connectivity index (χ0v) is 41.0. The summed E-state index contributed by atoms with van der Waals surface area (Å²) in [6.07, 6.45) is 0. The number of hydrogen-bond donors (Lipinski definition) is 1. The van der Waals surface area contributed by atoms with Crippen molar-refractivity contribution in [1.82, 2.24) is 0 Å². The van der Waals surface area contributed by atoms with Gasteiger partial charge in [0.15, 0.2) is 0 Å². The van der Waals surface area contributed by atoms with Crippen molar-refractivity contribution in [2.45, 2.75) is 6.61 Å². The van der Waals surface area contributed by atoms with Crippen molar-refractivity contribution in [3.05, 3.63) is 35.9 Å². The van der Waals surface area contributed by atoms with E-state index < -0.39 is 0 Å². The standard InChI is InChI=1S/C47H88O21/c48-6-7-49-8-9-50-10-11-51-12-13-52-14-15-53-16-17-54-18-19-55-20-21-56-22-23-57-24-25-58-26-27-59-28-29-60-30-31-61-32-33-62-34-35-63-36-37-64-38-39-65-40-41-66-42-43-67-44-45-68-46-47-4-2-1-3-5-47/h1-5,48H,6-46H2. The van der Waals surface area contributed by atoms with E-state index in [9.17, 15) is 0 Å². The molecule has 0 unspecified atom stereocenters. The third kappa shape index (κ3) is 55.3. The number of aliphatic hydroxyl groups excluding tert-OH is 1. The van der Waals surface area contributed by atoms with E-state index in [-0.39, 0.29) is 6.61 Å². The molecule has 0 heterocycles. The highest BCUT2D eigenvalue weighted by Crippen LogP contribution is 2.00. The van der Waals surface area contributed by atoms with Crippen LogP contribution < -0.4 is 0 Å². The molecule has 0 atom stereocenters. The maximum absolute atomic E-state index is 8.60. The summed E-state index contributed by atoms with van der Waals surface area (Å²) in [6, 6.07) is 10.1. The van der Waals surface area contributed by atoms with E-state index in [0.29, 0.717) is 264 Å². The van der Waals surface area contributed by atoms with Gasteiger partial charge in [-0.1, -0.05) is 30.3 Å². The summed E-state index contributed by atoms with van der Waals surface area (Å²) in [5.74, 6) is 0. The highest BCUT2D eigenvalue weighted by molar-refractivity contribution is 5.13. The van der Waals surface area contributed by atoms with Crippen LogP contribution >= 0.6 is 0 Å². The van der Waals surface area contributed by atoms with E-state index in [2.05, 4.69) is 0 Å². The molecule has 68 heavy (non-hydrogen) atoms. The first-order valence-electron chi connectivity index (χ1n) is 24.1. The molecule has 1 rings (SSSR count). The number of benzene rings is 1. The van der Waals surface area contributed by atoms with Gasteiger partial charge in [0.05, 0.1) is 271 Å². The van der Waals surface area contributed by atoms with Gasteiger partial charge in [0.1, 0.15) is 0 Å². The fourth-order valence-corrected chi connectivity index (χ4v) is 5.01. The second kappa shape index (κ2) is 59.7. The Bertz CT molecular complexity index is 1040. The molecule has 1 N–H and O–H groups in total. The molecule has 0 aliphatic heterocycles. The van der Waals surface area contributed by atoms with E-state index in [1.54, 1.807) is 0 Å². The van der Waals surface area contributed by atoms with Gasteiger partial charge < -0.3 is 99.8 Å². The van der Waals surface area contributed by atoms with Crippen molar-refractivity contribution in [2.75, 3.05) is 264 Å². The van der Waals surface area contributed by atoms with Gasteiger partial charge in [-0.2, -0.15) is 0 Å². The normalized spacial score (nSPS) is 11.7. The Balaban J connectivity index is 1.59. The van der Waals surface area contributed by atoms with E-state index >= 15 is 0 Å². The zero-order valence-electron chi connectivity index (χ0n) is 41.0. The summed E-state index contributed by atoms with van der Waals surface area (Å²) in [5, 5.41) is 8.60. The minimum absolute atomic E-state index is 0.0196. The van der Waals surface area contributed by atoms with Gasteiger partial charge >= 0.3 is 0 Å². The molecule has 21 nitrogen and oxygen atoms in total. The highest BCUT2D eigenvalue weighted by atomic mass is 16.6. The van der Waals surface area contributed by atoms with E-state index in [1.807, 2.05) is 30.3 Å². The van der Waals surface area contributed by atoms with Crippen LogP contribution in [0.4, 0.5) is 0 Å². The van der Waals surface area contributed by atoms with Crippen LogP contribution in [0.25, 0.3) is 0 Å². The van der Waals surface area contributed by atoms with Crippen molar-refractivity contribution in [3.8, 4) is 0 Å². The second-order valence-electron chi connectivity index (χ2n) is 13.9. The van der Waals surface area contributed by atoms with Crippen molar-refractivity contribution in [3.63, 3.8) is 0 Å². The first kappa shape index (κ1) is 64.4. The molecule has 0 fully saturated rings. The molecule has 1 aromatic rings. The minimum atomic E-state index is 0.0196. The van der Waals surface area contributed by atoms with Crippen LogP contribution in [-0.2, 0) is 101 Å². The lowest BCUT2D eigenvalue weighted by atomic mass is 10.2. The summed E-state index contributed by atoms with van der Waals surface area (Å²) in [6.45, 7) is 19.9. The molecule has 0 radical (unpaired) electrons. The fraction of sp³-hybridized carbons (Fsp3) is 0.872. The SMILES string of the molecule is OCCOCCOCCOCCOCCOCCOCCOCCOCCOCCOCCOCCOCCOCCOCCOCCOCCOCCOCCOCCOCc1ccccc1. The van der Waals surface area contributed by atoms with Gasteiger partial charge in [0.2, 0.25) is 0 Å². The minimum Gasteiger partial charge on any atom is -0.394 e. The lowest BCUT2D eigenvalue weighted by molar-refractivity contribution is -0.0315. The van der Waals surface area contributed by atoms with E-state index in [4.69, 9.17) is 99.8 Å². The number of rotatable bonds is 61. The van der Waals surface area contributed by atoms with Crippen molar-refractivity contribution >= 4 is 0 Å². The Hall–Kier alpha value is -1.62. The van der Waals surface area contributed by atoms with Crippen molar-refractivity contribution in [2.24, 2.45) is 0 Å².